The van der Waals surface area contributed by atoms with E-state index >= 15 is 0 Å². The molecule has 1 aliphatic heterocycles. The lowest BCUT2D eigenvalue weighted by atomic mass is 9.98. The molecule has 1 saturated heterocycles. The van der Waals surface area contributed by atoms with Gasteiger partial charge in [-0.2, -0.15) is 0 Å². The maximum Gasteiger partial charge on any atom is 0.338 e. The molecular weight excluding hydrogens is 704 g/mol. The van der Waals surface area contributed by atoms with Gasteiger partial charge in [0.2, 0.25) is 5.91 Å². The highest BCUT2D eigenvalue weighted by atomic mass is 16.5. The fraction of sp³-hybridized carbons (Fsp3) is 0.209. The summed E-state index contributed by atoms with van der Waals surface area (Å²) in [6.45, 7) is -2.46. The summed E-state index contributed by atoms with van der Waals surface area (Å²) >= 11 is 0. The van der Waals surface area contributed by atoms with Gasteiger partial charge in [0.05, 0.1) is 24.2 Å². The van der Waals surface area contributed by atoms with Crippen LogP contribution in [0, 0.1) is 24.7 Å². The van der Waals surface area contributed by atoms with Gasteiger partial charge in [-0.25, -0.2) is 14.4 Å². The van der Waals surface area contributed by atoms with Crippen LogP contribution in [-0.2, 0) is 27.1 Å². The van der Waals surface area contributed by atoms with Crippen LogP contribution in [0.3, 0.4) is 0 Å². The first kappa shape index (κ1) is 39.3. The SMILES string of the molecule is C#Cc1ccc(CC(=O)c2ccccc2C(=O)OCC(O)CN2CC(=O)N(CC(O)COC(=O)c3ccccc3C(=O)Cc3ccc(C#C)cc3)C2=O)cc1. The summed E-state index contributed by atoms with van der Waals surface area (Å²) in [4.78, 5) is 79.5. The molecule has 0 aliphatic carbocycles. The highest BCUT2D eigenvalue weighted by Crippen LogP contribution is 2.18. The lowest BCUT2D eigenvalue weighted by Crippen LogP contribution is -2.42. The Morgan fingerprint density at radius 2 is 1.02 bits per heavy atom. The van der Waals surface area contributed by atoms with Crippen molar-refractivity contribution in [2.45, 2.75) is 25.0 Å². The van der Waals surface area contributed by atoms with Gasteiger partial charge in [-0.3, -0.25) is 19.3 Å². The van der Waals surface area contributed by atoms with E-state index in [2.05, 4.69) is 11.8 Å². The van der Waals surface area contributed by atoms with E-state index in [1.807, 2.05) is 0 Å². The molecule has 3 amide bonds. The summed E-state index contributed by atoms with van der Waals surface area (Å²) in [6, 6.07) is 25.0. The number of hydrogen-bond donors (Lipinski definition) is 2. The van der Waals surface area contributed by atoms with Crippen molar-refractivity contribution in [1.29, 1.82) is 0 Å². The van der Waals surface area contributed by atoms with E-state index in [4.69, 9.17) is 22.3 Å². The zero-order valence-electron chi connectivity index (χ0n) is 29.6. The molecule has 0 aromatic heterocycles. The molecule has 55 heavy (non-hydrogen) atoms. The summed E-state index contributed by atoms with van der Waals surface area (Å²) in [7, 11) is 0. The number of terminal acetylenes is 2. The monoisotopic (exact) mass is 740 g/mol. The number of aliphatic hydroxyl groups excluding tert-OH is 2. The third kappa shape index (κ3) is 10.2. The number of nitrogens with zero attached hydrogens (tertiary/aromatic N) is 2. The van der Waals surface area contributed by atoms with Crippen molar-refractivity contribution >= 4 is 35.4 Å². The Labute approximate surface area is 317 Å². The largest absolute Gasteiger partial charge is 0.459 e. The van der Waals surface area contributed by atoms with Crippen molar-refractivity contribution in [3.63, 3.8) is 0 Å². The first-order valence-corrected chi connectivity index (χ1v) is 17.1. The van der Waals surface area contributed by atoms with Crippen LogP contribution in [0.25, 0.3) is 0 Å². The van der Waals surface area contributed by atoms with Crippen LogP contribution in [-0.4, -0.2) is 101 Å². The van der Waals surface area contributed by atoms with Gasteiger partial charge in [0.1, 0.15) is 32.0 Å². The zero-order valence-corrected chi connectivity index (χ0v) is 29.6. The molecular formula is C43H36N2O10. The summed E-state index contributed by atoms with van der Waals surface area (Å²) in [5, 5.41) is 21.2. The Hall–Kier alpha value is -6.86. The smallest absolute Gasteiger partial charge is 0.338 e. The first-order chi connectivity index (χ1) is 26.5. The standard InChI is InChI=1S/C43H36N2O10/c1-3-28-13-17-30(18-14-28)21-38(48)34-9-5-7-11-36(34)41(51)54-26-32(46)23-44-25-40(50)45(43(44)53)24-33(47)27-55-42(52)37-12-8-6-10-35(37)39(49)22-31-19-15-29(4-2)16-20-31/h1-2,5-20,32-33,46-47H,21-27H2. The van der Waals surface area contributed by atoms with Gasteiger partial charge in [-0.15, -0.1) is 12.8 Å². The number of Topliss-reactive ketones (excluding diaryl/α,β-unsaturated/α-hetero) is 2. The number of hydrogen-bond acceptors (Lipinski definition) is 10. The number of β-amino-alcohol motifs (C(OH)–C–C–N with tert-alkyl or cyclic N) is 2. The average Bonchev–Trinajstić information content (AvgIpc) is 3.46. The fourth-order valence-corrected chi connectivity index (χ4v) is 5.79. The molecule has 0 bridgehead atoms. The highest BCUT2D eigenvalue weighted by Gasteiger charge is 2.38. The van der Waals surface area contributed by atoms with E-state index in [0.717, 1.165) is 9.80 Å². The van der Waals surface area contributed by atoms with Crippen LogP contribution < -0.4 is 0 Å². The van der Waals surface area contributed by atoms with Gasteiger partial charge in [0.15, 0.2) is 11.6 Å². The van der Waals surface area contributed by atoms with Crippen molar-refractivity contribution in [3.05, 3.63) is 142 Å². The number of imide groups is 1. The van der Waals surface area contributed by atoms with Crippen LogP contribution in [0.5, 0.6) is 0 Å². The quantitative estimate of drug-likeness (QED) is 0.0751. The molecule has 1 aliphatic rings. The Bertz CT molecular complexity index is 2180. The number of ketones is 2. The molecule has 5 rings (SSSR count). The molecule has 4 aromatic carbocycles. The van der Waals surface area contributed by atoms with E-state index in [1.54, 1.807) is 72.8 Å². The molecule has 0 saturated carbocycles. The van der Waals surface area contributed by atoms with Gasteiger partial charge in [-0.05, 0) is 47.5 Å². The Morgan fingerprint density at radius 3 is 1.44 bits per heavy atom. The zero-order chi connectivity index (χ0) is 39.5. The third-order valence-corrected chi connectivity index (χ3v) is 8.63. The average molecular weight is 741 g/mol. The highest BCUT2D eigenvalue weighted by molar-refractivity contribution is 6.08. The molecule has 0 spiro atoms. The van der Waals surface area contributed by atoms with E-state index in [0.29, 0.717) is 22.3 Å². The lowest BCUT2D eigenvalue weighted by molar-refractivity contribution is -0.126. The van der Waals surface area contributed by atoms with Crippen LogP contribution in [0.4, 0.5) is 4.79 Å². The van der Waals surface area contributed by atoms with Crippen LogP contribution in [0.1, 0.15) is 63.7 Å². The molecule has 1 fully saturated rings. The number of aliphatic hydroxyl groups is 2. The van der Waals surface area contributed by atoms with E-state index in [1.165, 1.54) is 24.3 Å². The maximum absolute atomic E-state index is 13.0. The summed E-state index contributed by atoms with van der Waals surface area (Å²) in [5.74, 6) is 1.91. The molecule has 278 valence electrons. The van der Waals surface area contributed by atoms with Crippen LogP contribution in [0.15, 0.2) is 97.1 Å². The van der Waals surface area contributed by atoms with Crippen molar-refractivity contribution in [3.8, 4) is 24.7 Å². The Morgan fingerprint density at radius 1 is 0.618 bits per heavy atom. The van der Waals surface area contributed by atoms with Crippen LogP contribution >= 0.6 is 0 Å². The molecule has 4 aromatic rings. The predicted molar refractivity (Wildman–Crippen MR) is 199 cm³/mol. The number of ether oxygens (including phenoxy) is 2. The molecule has 2 unspecified atom stereocenters. The number of carbonyl (C=O) groups is 6. The van der Waals surface area contributed by atoms with Crippen molar-refractivity contribution in [2.24, 2.45) is 0 Å². The van der Waals surface area contributed by atoms with Gasteiger partial charge in [0.25, 0.3) is 0 Å². The van der Waals surface area contributed by atoms with Gasteiger partial charge < -0.3 is 24.6 Å². The molecule has 12 heteroatoms. The van der Waals surface area contributed by atoms with Gasteiger partial charge in [-0.1, -0.05) is 72.5 Å². The van der Waals surface area contributed by atoms with Gasteiger partial charge >= 0.3 is 18.0 Å². The summed E-state index contributed by atoms with van der Waals surface area (Å²) < 4.78 is 10.5. The van der Waals surface area contributed by atoms with Gasteiger partial charge in [0, 0.05) is 35.1 Å². The van der Waals surface area contributed by atoms with Crippen molar-refractivity contribution in [2.75, 3.05) is 32.8 Å². The second kappa shape index (κ2) is 18.3. The third-order valence-electron chi connectivity index (χ3n) is 8.63. The minimum absolute atomic E-state index is 0.00429. The predicted octanol–water partition coefficient (Wildman–Crippen LogP) is 3.50. The molecule has 1 heterocycles. The van der Waals surface area contributed by atoms with Crippen molar-refractivity contribution < 1.29 is 48.5 Å². The number of carbonyl (C=O) groups excluding carboxylic acids is 6. The van der Waals surface area contributed by atoms with Crippen LogP contribution in [0.2, 0.25) is 0 Å². The summed E-state index contributed by atoms with van der Waals surface area (Å²) in [5.41, 5.74) is 2.94. The Kier molecular flexibility index (Phi) is 13.1. The minimum atomic E-state index is -1.47. The lowest BCUT2D eigenvalue weighted by Gasteiger charge is -2.21. The van der Waals surface area contributed by atoms with E-state index < -0.39 is 62.4 Å². The molecule has 0 radical (unpaired) electrons. The second-order valence-electron chi connectivity index (χ2n) is 12.6. The molecule has 12 nitrogen and oxygen atoms in total. The first-order valence-electron chi connectivity index (χ1n) is 17.1. The summed E-state index contributed by atoms with van der Waals surface area (Å²) in [6.07, 6.45) is 7.92. The number of urea groups is 1. The second-order valence-corrected chi connectivity index (χ2v) is 12.6. The van der Waals surface area contributed by atoms with E-state index in [9.17, 15) is 39.0 Å². The maximum atomic E-state index is 13.0. The number of benzene rings is 4. The Balaban J connectivity index is 1.09. The normalized spacial score (nSPS) is 13.4. The topological polar surface area (TPSA) is 168 Å². The van der Waals surface area contributed by atoms with Crippen molar-refractivity contribution in [1.82, 2.24) is 9.80 Å². The van der Waals surface area contributed by atoms with E-state index in [-0.39, 0.29) is 53.2 Å². The number of amides is 3. The fourth-order valence-electron chi connectivity index (χ4n) is 5.79. The minimum Gasteiger partial charge on any atom is -0.459 e. The molecule has 2 atom stereocenters. The molecule has 2 N–H and O–H groups in total. The number of rotatable bonds is 16. The number of esters is 2.